The number of benzene rings is 9. The minimum absolute atomic E-state index is 0.696. The normalized spacial score (nSPS) is 13.2. The molecule has 242 valence electrons. The van der Waals surface area contributed by atoms with Crippen LogP contribution in [0.15, 0.2) is 181 Å². The topological polar surface area (TPSA) is 17.3 Å². The molecule has 1 aliphatic heterocycles. The Labute approximate surface area is 300 Å². The van der Waals surface area contributed by atoms with E-state index in [-0.39, 0.29) is 0 Å². The minimum atomic E-state index is 0.696. The maximum absolute atomic E-state index is 5.63. The van der Waals surface area contributed by atoms with Gasteiger partial charge in [-0.3, -0.25) is 4.57 Å². The molecule has 1 aromatic heterocycles. The number of fused-ring (bicyclic) bond motifs is 11. The van der Waals surface area contributed by atoms with E-state index in [1.165, 1.54) is 75.7 Å². The molecule has 2 heteroatoms. The molecule has 0 amide bonds. The van der Waals surface area contributed by atoms with Gasteiger partial charge in [0, 0.05) is 33.5 Å². The van der Waals surface area contributed by atoms with Crippen LogP contribution in [0.1, 0.15) is 12.0 Å². The Balaban J connectivity index is 1.29. The summed E-state index contributed by atoms with van der Waals surface area (Å²) in [6.45, 7) is 0. The number of para-hydroxylation sites is 1. The number of aromatic nitrogens is 1. The van der Waals surface area contributed by atoms with E-state index in [0.29, 0.717) is 6.42 Å². The highest BCUT2D eigenvalue weighted by Crippen LogP contribution is 2.44. The molecule has 0 unspecified atom stereocenters. The molecular formula is C50H32N2. The molecule has 0 radical (unpaired) electrons. The fourth-order valence-corrected chi connectivity index (χ4v) is 8.70. The maximum Gasteiger partial charge on any atom is 0.118 e. The average Bonchev–Trinajstić information content (AvgIpc) is 3.41. The Bertz CT molecular complexity index is 3220. The highest BCUT2D eigenvalue weighted by Gasteiger charge is 2.22. The first-order valence-electron chi connectivity index (χ1n) is 18.0. The number of aliphatic imine (C=N–C) groups is 1. The standard InChI is InChI=1S/C50H32N2/c1-2-15-33(16-3-1)49-37-19-7-4-14-32(37)27-29-47(51-49)52-46-25-13-12-24-43(46)45-30-34-17-5-6-18-36(34)48(50(45)52)35-26-28-42-40-22-9-8-20-38(40)39-21-10-11-23-41(39)44(42)31-35/h1-28,30-31H,29H2. The first-order chi connectivity index (χ1) is 25.8. The first-order valence-corrected chi connectivity index (χ1v) is 18.0. The number of hydrogen-bond donors (Lipinski definition) is 0. The summed E-state index contributed by atoms with van der Waals surface area (Å²) in [6, 6.07) is 64.2. The molecule has 0 aliphatic carbocycles. The van der Waals surface area contributed by atoms with E-state index in [1.54, 1.807) is 0 Å². The molecule has 2 heterocycles. The van der Waals surface area contributed by atoms with E-state index in [9.17, 15) is 0 Å². The Kier molecular flexibility index (Phi) is 6.35. The van der Waals surface area contributed by atoms with Crippen molar-refractivity contribution in [3.05, 3.63) is 192 Å². The van der Waals surface area contributed by atoms with E-state index in [2.05, 4.69) is 187 Å². The number of rotatable bonds is 2. The van der Waals surface area contributed by atoms with Crippen LogP contribution in [0.3, 0.4) is 0 Å². The Morgan fingerprint density at radius 3 is 1.79 bits per heavy atom. The van der Waals surface area contributed by atoms with Gasteiger partial charge in [0.05, 0.1) is 16.7 Å². The largest absolute Gasteiger partial charge is 0.296 e. The highest BCUT2D eigenvalue weighted by molar-refractivity contribution is 6.28. The second kappa shape index (κ2) is 11.4. The molecule has 11 rings (SSSR count). The highest BCUT2D eigenvalue weighted by atomic mass is 15.1. The van der Waals surface area contributed by atoms with E-state index in [1.807, 2.05) is 0 Å². The molecule has 52 heavy (non-hydrogen) atoms. The van der Waals surface area contributed by atoms with Crippen molar-refractivity contribution in [2.75, 3.05) is 0 Å². The lowest BCUT2D eigenvalue weighted by Gasteiger charge is -2.17. The third-order valence-electron chi connectivity index (χ3n) is 11.0. The maximum atomic E-state index is 5.63. The van der Waals surface area contributed by atoms with Gasteiger partial charge in [0.1, 0.15) is 5.84 Å². The SMILES string of the molecule is C1=c2ccccc2=C(c2ccccc2)N=C(n2c3ccccc3c3cc4ccccc4c(-c4ccc5c6ccccc6c6ccccc6c5c4)c32)C1. The van der Waals surface area contributed by atoms with E-state index in [0.717, 1.165) is 27.8 Å². The summed E-state index contributed by atoms with van der Waals surface area (Å²) in [5, 5.41) is 15.0. The van der Waals surface area contributed by atoms with Gasteiger partial charge in [0.2, 0.25) is 0 Å². The van der Waals surface area contributed by atoms with Crippen LogP contribution in [0.4, 0.5) is 0 Å². The predicted octanol–water partition coefficient (Wildman–Crippen LogP) is 11.4. The molecule has 1 aliphatic rings. The Morgan fingerprint density at radius 2 is 1.02 bits per heavy atom. The smallest absolute Gasteiger partial charge is 0.118 e. The van der Waals surface area contributed by atoms with Gasteiger partial charge in [-0.2, -0.15) is 0 Å². The van der Waals surface area contributed by atoms with Crippen molar-refractivity contribution in [1.82, 2.24) is 4.57 Å². The number of hydrogen-bond acceptors (Lipinski definition) is 1. The molecule has 10 aromatic rings. The van der Waals surface area contributed by atoms with Gasteiger partial charge in [-0.25, -0.2) is 4.99 Å². The van der Waals surface area contributed by atoms with Crippen molar-refractivity contribution in [2.45, 2.75) is 6.42 Å². The molecule has 0 atom stereocenters. The number of nitrogens with zero attached hydrogens (tertiary/aromatic N) is 2. The molecule has 0 saturated heterocycles. The van der Waals surface area contributed by atoms with Crippen molar-refractivity contribution >= 4 is 82.5 Å². The van der Waals surface area contributed by atoms with Gasteiger partial charge < -0.3 is 0 Å². The molecule has 0 N–H and O–H groups in total. The fraction of sp³-hybridized carbons (Fsp3) is 0.0200. The lowest BCUT2D eigenvalue weighted by atomic mass is 9.90. The average molecular weight is 661 g/mol. The summed E-state index contributed by atoms with van der Waals surface area (Å²) in [4.78, 5) is 5.63. The molecule has 0 bridgehead atoms. The second-order valence-corrected chi connectivity index (χ2v) is 13.8. The Hall–Kier alpha value is -6.77. The Morgan fingerprint density at radius 1 is 0.423 bits per heavy atom. The third kappa shape index (κ3) is 4.28. The summed E-state index contributed by atoms with van der Waals surface area (Å²) in [5.41, 5.74) is 6.90. The minimum Gasteiger partial charge on any atom is -0.296 e. The van der Waals surface area contributed by atoms with Gasteiger partial charge in [0.15, 0.2) is 0 Å². The fourth-order valence-electron chi connectivity index (χ4n) is 8.70. The molecular weight excluding hydrogens is 629 g/mol. The van der Waals surface area contributed by atoms with Gasteiger partial charge in [-0.05, 0) is 72.1 Å². The third-order valence-corrected chi connectivity index (χ3v) is 11.0. The van der Waals surface area contributed by atoms with Crippen LogP contribution in [0.25, 0.3) is 87.8 Å². The van der Waals surface area contributed by atoms with Crippen LogP contribution in [-0.2, 0) is 0 Å². The molecule has 0 spiro atoms. The zero-order chi connectivity index (χ0) is 34.2. The summed E-state index contributed by atoms with van der Waals surface area (Å²) in [7, 11) is 0. The lowest BCUT2D eigenvalue weighted by Crippen LogP contribution is -2.25. The summed E-state index contributed by atoms with van der Waals surface area (Å²) < 4.78 is 2.46. The van der Waals surface area contributed by atoms with E-state index < -0.39 is 0 Å². The zero-order valence-electron chi connectivity index (χ0n) is 28.4. The predicted molar refractivity (Wildman–Crippen MR) is 221 cm³/mol. The van der Waals surface area contributed by atoms with Crippen molar-refractivity contribution in [3.63, 3.8) is 0 Å². The quantitative estimate of drug-likeness (QED) is 0.164. The van der Waals surface area contributed by atoms with Crippen molar-refractivity contribution in [3.8, 4) is 11.1 Å². The van der Waals surface area contributed by atoms with Crippen LogP contribution in [0, 0.1) is 0 Å². The van der Waals surface area contributed by atoms with Crippen LogP contribution in [-0.4, -0.2) is 10.4 Å². The zero-order valence-corrected chi connectivity index (χ0v) is 28.4. The first kappa shape index (κ1) is 29.0. The molecule has 0 saturated carbocycles. The van der Waals surface area contributed by atoms with E-state index >= 15 is 0 Å². The van der Waals surface area contributed by atoms with Crippen molar-refractivity contribution in [1.29, 1.82) is 0 Å². The van der Waals surface area contributed by atoms with Gasteiger partial charge in [-0.1, -0.05) is 164 Å². The van der Waals surface area contributed by atoms with Gasteiger partial charge >= 0.3 is 0 Å². The van der Waals surface area contributed by atoms with Gasteiger partial charge in [0.25, 0.3) is 0 Å². The second-order valence-electron chi connectivity index (χ2n) is 13.8. The molecule has 0 fully saturated rings. The van der Waals surface area contributed by atoms with Gasteiger partial charge in [-0.15, -0.1) is 0 Å². The molecule has 2 nitrogen and oxygen atoms in total. The lowest BCUT2D eigenvalue weighted by molar-refractivity contribution is 1.21. The van der Waals surface area contributed by atoms with Crippen LogP contribution >= 0.6 is 0 Å². The molecule has 9 aromatic carbocycles. The van der Waals surface area contributed by atoms with Crippen LogP contribution in [0.5, 0.6) is 0 Å². The summed E-state index contributed by atoms with van der Waals surface area (Å²) in [5.74, 6) is 1.01. The van der Waals surface area contributed by atoms with Crippen molar-refractivity contribution in [2.24, 2.45) is 4.99 Å². The summed E-state index contributed by atoms with van der Waals surface area (Å²) >= 11 is 0. The van der Waals surface area contributed by atoms with E-state index in [4.69, 9.17) is 4.99 Å². The van der Waals surface area contributed by atoms with Crippen LogP contribution in [0.2, 0.25) is 0 Å². The van der Waals surface area contributed by atoms with Crippen LogP contribution < -0.4 is 10.4 Å². The summed E-state index contributed by atoms with van der Waals surface area (Å²) in [6.07, 6.45) is 3.04. The monoisotopic (exact) mass is 660 g/mol. The van der Waals surface area contributed by atoms with Crippen molar-refractivity contribution < 1.29 is 0 Å².